The highest BCUT2D eigenvalue weighted by molar-refractivity contribution is 5.86. The molecule has 152 valence electrons. The van der Waals surface area contributed by atoms with Crippen molar-refractivity contribution in [3.05, 3.63) is 23.9 Å². The van der Waals surface area contributed by atoms with Gasteiger partial charge in [0.05, 0.1) is 0 Å². The molecule has 1 aromatic rings. The fraction of sp³-hybridized carbons (Fsp3) is 0.727. The van der Waals surface area contributed by atoms with Crippen LogP contribution in [0.4, 0.5) is 10.6 Å². The molecule has 0 radical (unpaired) electrons. The topological polar surface area (TPSA) is 45.7 Å². The highest BCUT2D eigenvalue weighted by Crippen LogP contribution is 2.32. The van der Waals surface area contributed by atoms with Crippen molar-refractivity contribution in [2.24, 2.45) is 0 Å². The minimum Gasteiger partial charge on any atom is -0.443 e. The Bertz CT molecular complexity index is 580. The molecule has 0 aromatic carbocycles. The average Bonchev–Trinajstić information content (AvgIpc) is 3.08. The third-order valence-electron chi connectivity index (χ3n) is 4.94. The Morgan fingerprint density at radius 1 is 1.26 bits per heavy atom. The standard InChI is InChI=1S/C22H37N3O2/c1-6-8-14-24-15-10-11-19(24)18-12-13-20(23-17-18)25(16-9-7-2)21(26)27-22(3,4)5/h12-13,17,19H,6-11,14-16H2,1-5H3/t19-/m1/s1. The van der Waals surface area contributed by atoms with Crippen molar-refractivity contribution in [1.29, 1.82) is 0 Å². The number of ether oxygens (including phenoxy) is 1. The van der Waals surface area contributed by atoms with E-state index in [0.717, 1.165) is 19.4 Å². The lowest BCUT2D eigenvalue weighted by molar-refractivity contribution is 0.0578. The first-order valence-corrected chi connectivity index (χ1v) is 10.6. The minimum atomic E-state index is -0.509. The Kier molecular flexibility index (Phi) is 8.08. The molecule has 1 aliphatic heterocycles. The van der Waals surface area contributed by atoms with Gasteiger partial charge in [0.2, 0.25) is 0 Å². The number of amides is 1. The molecule has 27 heavy (non-hydrogen) atoms. The number of carbonyl (C=O) groups is 1. The predicted molar refractivity (Wildman–Crippen MR) is 111 cm³/mol. The van der Waals surface area contributed by atoms with E-state index in [1.165, 1.54) is 37.8 Å². The SMILES string of the molecule is CCCCN(C(=O)OC(C)(C)C)c1ccc([C@H]2CCCN2CCCC)cn1. The lowest BCUT2D eigenvalue weighted by Crippen LogP contribution is -2.38. The third-order valence-corrected chi connectivity index (χ3v) is 4.94. The van der Waals surface area contributed by atoms with Gasteiger partial charge in [0.1, 0.15) is 11.4 Å². The van der Waals surface area contributed by atoms with Crippen LogP contribution in [0.1, 0.15) is 84.7 Å². The van der Waals surface area contributed by atoms with Gasteiger partial charge in [0, 0.05) is 18.8 Å². The molecular weight excluding hydrogens is 338 g/mol. The van der Waals surface area contributed by atoms with Gasteiger partial charge in [0.15, 0.2) is 0 Å². The number of nitrogens with zero attached hydrogens (tertiary/aromatic N) is 3. The number of hydrogen-bond acceptors (Lipinski definition) is 4. The molecule has 1 fully saturated rings. The molecule has 0 aliphatic carbocycles. The largest absolute Gasteiger partial charge is 0.443 e. The zero-order chi connectivity index (χ0) is 19.9. The Hall–Kier alpha value is -1.62. The summed E-state index contributed by atoms with van der Waals surface area (Å²) in [5.74, 6) is 0.680. The number of hydrogen-bond donors (Lipinski definition) is 0. The number of unbranched alkanes of at least 4 members (excludes halogenated alkanes) is 2. The van der Waals surface area contributed by atoms with Gasteiger partial charge in [-0.25, -0.2) is 9.78 Å². The molecule has 1 aromatic heterocycles. The van der Waals surface area contributed by atoms with Gasteiger partial charge in [-0.2, -0.15) is 0 Å². The van der Waals surface area contributed by atoms with E-state index in [0.29, 0.717) is 18.4 Å². The van der Waals surface area contributed by atoms with Crippen molar-refractivity contribution in [2.75, 3.05) is 24.5 Å². The van der Waals surface area contributed by atoms with Gasteiger partial charge < -0.3 is 4.74 Å². The second-order valence-electron chi connectivity index (χ2n) is 8.48. The summed E-state index contributed by atoms with van der Waals surface area (Å²) in [6.45, 7) is 13.0. The number of likely N-dealkylation sites (tertiary alicyclic amines) is 1. The maximum absolute atomic E-state index is 12.6. The molecule has 0 unspecified atom stereocenters. The Morgan fingerprint density at radius 3 is 2.59 bits per heavy atom. The van der Waals surface area contributed by atoms with Crippen LogP contribution in [0.25, 0.3) is 0 Å². The van der Waals surface area contributed by atoms with E-state index in [1.54, 1.807) is 4.90 Å². The molecule has 5 heteroatoms. The summed E-state index contributed by atoms with van der Waals surface area (Å²) in [4.78, 5) is 21.5. The second-order valence-corrected chi connectivity index (χ2v) is 8.48. The zero-order valence-corrected chi connectivity index (χ0v) is 17.8. The number of pyridine rings is 1. The lowest BCUT2D eigenvalue weighted by atomic mass is 10.1. The first kappa shape index (κ1) is 21.7. The summed E-state index contributed by atoms with van der Waals surface area (Å²) in [5, 5.41) is 0. The smallest absolute Gasteiger partial charge is 0.416 e. The fourth-order valence-electron chi connectivity index (χ4n) is 3.52. The highest BCUT2D eigenvalue weighted by atomic mass is 16.6. The monoisotopic (exact) mass is 375 g/mol. The van der Waals surface area contributed by atoms with E-state index in [2.05, 4.69) is 29.8 Å². The normalized spacial score (nSPS) is 17.9. The molecular formula is C22H37N3O2. The maximum atomic E-state index is 12.6. The van der Waals surface area contributed by atoms with Gasteiger partial charge in [-0.05, 0) is 71.2 Å². The van der Waals surface area contributed by atoms with Crippen molar-refractivity contribution >= 4 is 11.9 Å². The molecule has 0 spiro atoms. The van der Waals surface area contributed by atoms with Gasteiger partial charge >= 0.3 is 6.09 Å². The Morgan fingerprint density at radius 2 is 2.00 bits per heavy atom. The van der Waals surface area contributed by atoms with Crippen LogP contribution < -0.4 is 4.90 Å². The molecule has 1 amide bonds. The van der Waals surface area contributed by atoms with E-state index in [1.807, 2.05) is 33.0 Å². The van der Waals surface area contributed by atoms with E-state index >= 15 is 0 Å². The van der Waals surface area contributed by atoms with E-state index < -0.39 is 5.60 Å². The van der Waals surface area contributed by atoms with Crippen LogP contribution in [0, 0.1) is 0 Å². The van der Waals surface area contributed by atoms with Crippen LogP contribution in [0.2, 0.25) is 0 Å². The van der Waals surface area contributed by atoms with Crippen LogP contribution in [0.15, 0.2) is 18.3 Å². The molecule has 5 nitrogen and oxygen atoms in total. The Labute approximate surface area is 165 Å². The fourth-order valence-corrected chi connectivity index (χ4v) is 3.52. The number of rotatable bonds is 8. The van der Waals surface area contributed by atoms with Crippen molar-refractivity contribution in [3.8, 4) is 0 Å². The molecule has 0 N–H and O–H groups in total. The minimum absolute atomic E-state index is 0.318. The highest BCUT2D eigenvalue weighted by Gasteiger charge is 2.27. The zero-order valence-electron chi connectivity index (χ0n) is 17.8. The van der Waals surface area contributed by atoms with Crippen LogP contribution in [0.5, 0.6) is 0 Å². The van der Waals surface area contributed by atoms with E-state index in [-0.39, 0.29) is 6.09 Å². The molecule has 1 aliphatic rings. The summed E-state index contributed by atoms with van der Waals surface area (Å²) < 4.78 is 5.58. The summed E-state index contributed by atoms with van der Waals surface area (Å²) in [6, 6.07) is 4.58. The number of aromatic nitrogens is 1. The van der Waals surface area contributed by atoms with Crippen LogP contribution in [0.3, 0.4) is 0 Å². The first-order chi connectivity index (χ1) is 12.9. The van der Waals surface area contributed by atoms with Crippen LogP contribution >= 0.6 is 0 Å². The van der Waals surface area contributed by atoms with Crippen LogP contribution in [-0.4, -0.2) is 41.2 Å². The summed E-state index contributed by atoms with van der Waals surface area (Å²) in [7, 11) is 0. The average molecular weight is 376 g/mol. The molecule has 2 heterocycles. The Balaban J connectivity index is 2.12. The number of anilines is 1. The van der Waals surface area contributed by atoms with Crippen molar-refractivity contribution in [2.45, 2.75) is 84.8 Å². The molecule has 1 saturated heterocycles. The molecule has 2 rings (SSSR count). The van der Waals surface area contributed by atoms with Gasteiger partial charge in [-0.1, -0.05) is 32.8 Å². The quantitative estimate of drug-likeness (QED) is 0.597. The van der Waals surface area contributed by atoms with Crippen molar-refractivity contribution in [3.63, 3.8) is 0 Å². The van der Waals surface area contributed by atoms with Crippen molar-refractivity contribution in [1.82, 2.24) is 9.88 Å². The summed E-state index contributed by atoms with van der Waals surface area (Å²) in [6.07, 6.45) is 8.48. The lowest BCUT2D eigenvalue weighted by Gasteiger charge is -2.27. The van der Waals surface area contributed by atoms with Gasteiger partial charge in [-0.3, -0.25) is 9.80 Å². The first-order valence-electron chi connectivity index (χ1n) is 10.6. The maximum Gasteiger partial charge on any atom is 0.416 e. The van der Waals surface area contributed by atoms with Crippen molar-refractivity contribution < 1.29 is 9.53 Å². The third kappa shape index (κ3) is 6.49. The molecule has 0 bridgehead atoms. The van der Waals surface area contributed by atoms with E-state index in [9.17, 15) is 4.79 Å². The van der Waals surface area contributed by atoms with E-state index in [4.69, 9.17) is 4.74 Å². The predicted octanol–water partition coefficient (Wildman–Crippen LogP) is 5.56. The molecule has 1 atom stereocenters. The number of carbonyl (C=O) groups excluding carboxylic acids is 1. The summed E-state index contributed by atoms with van der Waals surface area (Å²) in [5.41, 5.74) is 0.748. The van der Waals surface area contributed by atoms with Gasteiger partial charge in [-0.15, -0.1) is 0 Å². The second kappa shape index (κ2) is 10.1. The van der Waals surface area contributed by atoms with Crippen LogP contribution in [-0.2, 0) is 4.74 Å². The summed E-state index contributed by atoms with van der Waals surface area (Å²) >= 11 is 0. The molecule has 0 saturated carbocycles. The van der Waals surface area contributed by atoms with Gasteiger partial charge in [0.25, 0.3) is 0 Å².